The average molecular weight is 420 g/mol. The molecule has 0 bridgehead atoms. The largest absolute Gasteiger partial charge is 0.476 e. The van der Waals surface area contributed by atoms with E-state index in [0.29, 0.717) is 11.6 Å². The van der Waals surface area contributed by atoms with Crippen molar-refractivity contribution in [2.24, 2.45) is 0 Å². The van der Waals surface area contributed by atoms with Gasteiger partial charge in [0.15, 0.2) is 5.69 Å². The highest BCUT2D eigenvalue weighted by Gasteiger charge is 2.17. The number of halogens is 1. The number of nitrogens with zero attached hydrogens (tertiary/aromatic N) is 2. The number of anilines is 1. The molecule has 0 aliphatic rings. The van der Waals surface area contributed by atoms with Gasteiger partial charge in [0, 0.05) is 12.1 Å². The molecule has 0 radical (unpaired) electrons. The van der Waals surface area contributed by atoms with E-state index in [-0.39, 0.29) is 16.3 Å². The number of aromatic nitrogens is 2. The number of para-hydroxylation sites is 2. The van der Waals surface area contributed by atoms with Crippen LogP contribution in [-0.4, -0.2) is 35.2 Å². The van der Waals surface area contributed by atoms with Crippen LogP contribution in [0.2, 0.25) is 0 Å². The number of rotatable bonds is 8. The zero-order chi connectivity index (χ0) is 20.1. The van der Waals surface area contributed by atoms with Crippen molar-refractivity contribution in [3.05, 3.63) is 72.1 Å². The zero-order valence-corrected chi connectivity index (χ0v) is 16.3. The molecule has 0 spiro atoms. The van der Waals surface area contributed by atoms with Crippen LogP contribution in [0.25, 0.3) is 5.69 Å². The summed E-state index contributed by atoms with van der Waals surface area (Å²) in [6, 6.07) is 14.6. The average Bonchev–Trinajstić information content (AvgIpc) is 3.17. The van der Waals surface area contributed by atoms with Gasteiger partial charge in [-0.3, -0.25) is 4.72 Å². The number of carbonyl (C=O) groups is 1. The number of nitrogens with one attached hydrogen (secondary N) is 1. The van der Waals surface area contributed by atoms with E-state index in [4.69, 9.17) is 16.7 Å². The number of aromatic carboxylic acids is 1. The van der Waals surface area contributed by atoms with Crippen LogP contribution in [0.4, 0.5) is 5.69 Å². The lowest BCUT2D eigenvalue weighted by molar-refractivity contribution is 0.0690. The zero-order valence-electron chi connectivity index (χ0n) is 14.7. The van der Waals surface area contributed by atoms with Crippen LogP contribution in [0.5, 0.6) is 0 Å². The molecular formula is C19H18ClN3O4S. The van der Waals surface area contributed by atoms with Crippen molar-refractivity contribution in [2.75, 3.05) is 10.6 Å². The Morgan fingerprint density at radius 2 is 1.82 bits per heavy atom. The molecule has 0 aliphatic heterocycles. The van der Waals surface area contributed by atoms with E-state index in [0.717, 1.165) is 18.4 Å². The third-order valence-corrected chi connectivity index (χ3v) is 5.68. The predicted octanol–water partition coefficient (Wildman–Crippen LogP) is 3.54. The summed E-state index contributed by atoms with van der Waals surface area (Å²) in [5.41, 5.74) is 1.58. The van der Waals surface area contributed by atoms with Crippen molar-refractivity contribution in [2.45, 2.75) is 17.7 Å². The number of hydrogen-bond donors (Lipinski definition) is 2. The van der Waals surface area contributed by atoms with E-state index < -0.39 is 16.0 Å². The van der Waals surface area contributed by atoms with Crippen LogP contribution < -0.4 is 4.72 Å². The first-order valence-corrected chi connectivity index (χ1v) is 10.5. The molecule has 3 aromatic rings. The monoisotopic (exact) mass is 419 g/mol. The summed E-state index contributed by atoms with van der Waals surface area (Å²) in [5, 5.41) is 13.0. The van der Waals surface area contributed by atoms with Gasteiger partial charge in [0.05, 0.1) is 16.3 Å². The maximum atomic E-state index is 12.8. The van der Waals surface area contributed by atoms with Crippen LogP contribution >= 0.6 is 11.6 Å². The highest BCUT2D eigenvalue weighted by Crippen LogP contribution is 2.23. The minimum Gasteiger partial charge on any atom is -0.476 e. The van der Waals surface area contributed by atoms with Crippen molar-refractivity contribution in [1.29, 1.82) is 0 Å². The standard InChI is InChI=1S/C19H18ClN3O4S/c20-12-3-4-14-7-9-15(10-8-14)28(26,27)22-16-5-1-2-6-18(16)23-13-11-17(21-23)19(24)25/h1-2,5-11,13,22H,3-4,12H2,(H,24,25). The Morgan fingerprint density at radius 1 is 1.11 bits per heavy atom. The molecule has 0 saturated heterocycles. The predicted molar refractivity (Wildman–Crippen MR) is 107 cm³/mol. The Morgan fingerprint density at radius 3 is 2.46 bits per heavy atom. The van der Waals surface area contributed by atoms with Crippen molar-refractivity contribution in [3.8, 4) is 5.69 Å². The first kappa shape index (κ1) is 19.9. The molecule has 9 heteroatoms. The van der Waals surface area contributed by atoms with E-state index in [1.165, 1.54) is 16.9 Å². The van der Waals surface area contributed by atoms with Crippen LogP contribution in [0.3, 0.4) is 0 Å². The Bertz CT molecular complexity index is 1080. The number of hydrogen-bond acceptors (Lipinski definition) is 4. The third kappa shape index (κ3) is 4.52. The van der Waals surface area contributed by atoms with Gasteiger partial charge >= 0.3 is 5.97 Å². The molecule has 28 heavy (non-hydrogen) atoms. The lowest BCUT2D eigenvalue weighted by Gasteiger charge is -2.13. The third-order valence-electron chi connectivity index (χ3n) is 4.04. The molecular weight excluding hydrogens is 402 g/mol. The summed E-state index contributed by atoms with van der Waals surface area (Å²) in [6.07, 6.45) is 3.06. The lowest BCUT2D eigenvalue weighted by atomic mass is 10.1. The summed E-state index contributed by atoms with van der Waals surface area (Å²) >= 11 is 5.68. The molecule has 0 fully saturated rings. The second-order valence-corrected chi connectivity index (χ2v) is 8.07. The number of benzene rings is 2. The van der Waals surface area contributed by atoms with Crippen LogP contribution in [-0.2, 0) is 16.4 Å². The summed E-state index contributed by atoms with van der Waals surface area (Å²) in [4.78, 5) is 11.2. The molecule has 1 heterocycles. The number of aryl methyl sites for hydroxylation is 1. The molecule has 0 aliphatic carbocycles. The number of sulfonamides is 1. The first-order chi connectivity index (χ1) is 13.4. The molecule has 1 aromatic heterocycles. The number of alkyl halides is 1. The summed E-state index contributed by atoms with van der Waals surface area (Å²) < 4.78 is 29.4. The van der Waals surface area contributed by atoms with Crippen LogP contribution in [0, 0.1) is 0 Å². The lowest BCUT2D eigenvalue weighted by Crippen LogP contribution is -2.15. The molecule has 3 rings (SSSR count). The number of carboxylic acid groups (broad SMARTS) is 1. The van der Waals surface area contributed by atoms with Gasteiger partial charge in [-0.25, -0.2) is 17.9 Å². The van der Waals surface area contributed by atoms with Crippen molar-refractivity contribution in [3.63, 3.8) is 0 Å². The quantitative estimate of drug-likeness (QED) is 0.544. The Labute approximate surface area is 167 Å². The maximum absolute atomic E-state index is 12.8. The smallest absolute Gasteiger partial charge is 0.356 e. The van der Waals surface area contributed by atoms with Gasteiger partial charge in [0.25, 0.3) is 10.0 Å². The molecule has 0 unspecified atom stereocenters. The van der Waals surface area contributed by atoms with Crippen LogP contribution in [0.15, 0.2) is 65.7 Å². The molecule has 2 N–H and O–H groups in total. The van der Waals surface area contributed by atoms with Gasteiger partial charge in [0.1, 0.15) is 0 Å². The van der Waals surface area contributed by atoms with Gasteiger partial charge in [-0.1, -0.05) is 24.3 Å². The van der Waals surface area contributed by atoms with E-state index in [9.17, 15) is 13.2 Å². The highest BCUT2D eigenvalue weighted by atomic mass is 35.5. The van der Waals surface area contributed by atoms with Gasteiger partial charge < -0.3 is 5.11 Å². The van der Waals surface area contributed by atoms with E-state index in [1.54, 1.807) is 48.5 Å². The van der Waals surface area contributed by atoms with Gasteiger partial charge in [-0.2, -0.15) is 5.10 Å². The SMILES string of the molecule is O=C(O)c1ccn(-c2ccccc2NS(=O)(=O)c2ccc(CCCCl)cc2)n1. The highest BCUT2D eigenvalue weighted by molar-refractivity contribution is 7.92. The van der Waals surface area contributed by atoms with Gasteiger partial charge in [-0.15, -0.1) is 11.6 Å². The van der Waals surface area contributed by atoms with Crippen LogP contribution in [0.1, 0.15) is 22.5 Å². The molecule has 7 nitrogen and oxygen atoms in total. The van der Waals surface area contributed by atoms with E-state index in [2.05, 4.69) is 9.82 Å². The Kier molecular flexibility index (Phi) is 6.01. The molecule has 0 atom stereocenters. The summed E-state index contributed by atoms with van der Waals surface area (Å²) in [5.74, 6) is -0.610. The fraction of sp³-hybridized carbons (Fsp3) is 0.158. The number of carboxylic acids is 1. The van der Waals surface area contributed by atoms with E-state index >= 15 is 0 Å². The molecule has 146 valence electrons. The summed E-state index contributed by atoms with van der Waals surface area (Å²) in [6.45, 7) is 0. The second-order valence-electron chi connectivity index (χ2n) is 6.01. The molecule has 0 amide bonds. The normalized spacial score (nSPS) is 11.3. The van der Waals surface area contributed by atoms with Gasteiger partial charge in [0.2, 0.25) is 0 Å². The fourth-order valence-electron chi connectivity index (χ4n) is 2.64. The summed E-state index contributed by atoms with van der Waals surface area (Å²) in [7, 11) is -3.82. The second kappa shape index (κ2) is 8.45. The Balaban J connectivity index is 1.87. The molecule has 0 saturated carbocycles. The Hall–Kier alpha value is -2.84. The van der Waals surface area contributed by atoms with Crippen molar-refractivity contribution >= 4 is 33.3 Å². The van der Waals surface area contributed by atoms with Crippen molar-refractivity contribution < 1.29 is 18.3 Å². The maximum Gasteiger partial charge on any atom is 0.356 e. The topological polar surface area (TPSA) is 101 Å². The van der Waals surface area contributed by atoms with Gasteiger partial charge in [-0.05, 0) is 48.7 Å². The minimum atomic E-state index is -3.82. The molecule has 2 aromatic carbocycles. The van der Waals surface area contributed by atoms with Crippen molar-refractivity contribution in [1.82, 2.24) is 9.78 Å². The minimum absolute atomic E-state index is 0.128. The van der Waals surface area contributed by atoms with E-state index in [1.807, 2.05) is 0 Å². The first-order valence-electron chi connectivity index (χ1n) is 8.47. The fourth-order valence-corrected chi connectivity index (χ4v) is 3.85.